The number of esters is 2. The highest BCUT2D eigenvalue weighted by atomic mass is 31.2. The molecular formula is C28H31O7P. The normalized spacial score (nSPS) is 13.4. The number of carbonyl (C=O) groups is 2. The van der Waals surface area contributed by atoms with Crippen LogP contribution in [0.3, 0.4) is 0 Å². The number of aryl methyl sites for hydroxylation is 1. The fourth-order valence-corrected chi connectivity index (χ4v) is 4.49. The highest BCUT2D eigenvalue weighted by Gasteiger charge is 2.27. The van der Waals surface area contributed by atoms with Gasteiger partial charge in [-0.25, -0.2) is 0 Å². The van der Waals surface area contributed by atoms with Crippen molar-refractivity contribution in [1.29, 1.82) is 0 Å². The van der Waals surface area contributed by atoms with Gasteiger partial charge in [-0.1, -0.05) is 91.0 Å². The van der Waals surface area contributed by atoms with E-state index in [2.05, 4.69) is 0 Å². The average Bonchev–Trinajstić information content (AvgIpc) is 2.91. The third-order valence-corrected chi connectivity index (χ3v) is 6.84. The third-order valence-electron chi connectivity index (χ3n) is 5.50. The Kier molecular flexibility index (Phi) is 10.9. The first kappa shape index (κ1) is 27.3. The van der Waals surface area contributed by atoms with Gasteiger partial charge in [0.05, 0.1) is 18.7 Å². The summed E-state index contributed by atoms with van der Waals surface area (Å²) < 4.78 is 28.6. The summed E-state index contributed by atoms with van der Waals surface area (Å²) in [6.45, 7) is -0.147. The molecule has 36 heavy (non-hydrogen) atoms. The van der Waals surface area contributed by atoms with Gasteiger partial charge in [0.1, 0.15) is 13.2 Å². The predicted octanol–water partition coefficient (Wildman–Crippen LogP) is 5.31. The second-order valence-electron chi connectivity index (χ2n) is 8.37. The molecule has 0 aliphatic rings. The SMILES string of the molecule is O=C(CCC(COP(=O)(O)CCc1ccccc1)C(=O)OCc1ccccc1)OCc1ccccc1. The summed E-state index contributed by atoms with van der Waals surface area (Å²) in [7, 11) is -3.95. The minimum absolute atomic E-state index is 0.0545. The Morgan fingerprint density at radius 2 is 1.25 bits per heavy atom. The first-order chi connectivity index (χ1) is 17.4. The number of benzene rings is 3. The Bertz CT molecular complexity index is 1120. The van der Waals surface area contributed by atoms with Crippen molar-refractivity contribution < 1.29 is 33.0 Å². The zero-order valence-corrected chi connectivity index (χ0v) is 20.9. The Morgan fingerprint density at radius 3 is 1.81 bits per heavy atom. The molecule has 190 valence electrons. The Hall–Kier alpha value is -3.25. The Balaban J connectivity index is 1.53. The summed E-state index contributed by atoms with van der Waals surface area (Å²) in [5.74, 6) is -1.97. The third kappa shape index (κ3) is 10.2. The first-order valence-corrected chi connectivity index (χ1v) is 13.6. The van der Waals surface area contributed by atoms with E-state index in [0.717, 1.165) is 16.7 Å². The lowest BCUT2D eigenvalue weighted by Crippen LogP contribution is -2.24. The van der Waals surface area contributed by atoms with E-state index in [9.17, 15) is 19.0 Å². The largest absolute Gasteiger partial charge is 0.461 e. The van der Waals surface area contributed by atoms with Crippen LogP contribution in [0.25, 0.3) is 0 Å². The van der Waals surface area contributed by atoms with Crippen molar-refractivity contribution in [3.05, 3.63) is 108 Å². The van der Waals surface area contributed by atoms with Crippen LogP contribution < -0.4 is 0 Å². The highest BCUT2D eigenvalue weighted by Crippen LogP contribution is 2.43. The molecule has 0 saturated carbocycles. The molecule has 0 fully saturated rings. The van der Waals surface area contributed by atoms with Gasteiger partial charge >= 0.3 is 19.5 Å². The van der Waals surface area contributed by atoms with Crippen LogP contribution in [0.15, 0.2) is 91.0 Å². The molecule has 2 atom stereocenters. The summed E-state index contributed by atoms with van der Waals surface area (Å²) in [5, 5.41) is 0. The van der Waals surface area contributed by atoms with Crippen LogP contribution in [0.2, 0.25) is 0 Å². The van der Waals surface area contributed by atoms with Crippen LogP contribution in [-0.4, -0.2) is 29.6 Å². The van der Waals surface area contributed by atoms with E-state index in [-0.39, 0.29) is 38.8 Å². The summed E-state index contributed by atoms with van der Waals surface area (Å²) in [4.78, 5) is 35.3. The molecule has 2 unspecified atom stereocenters. The monoisotopic (exact) mass is 510 g/mol. The molecule has 0 aliphatic carbocycles. The maximum atomic E-state index is 12.8. The molecule has 0 heterocycles. The van der Waals surface area contributed by atoms with Crippen LogP contribution >= 0.6 is 7.60 Å². The smallest absolute Gasteiger partial charge is 0.328 e. The topological polar surface area (TPSA) is 99.1 Å². The zero-order valence-electron chi connectivity index (χ0n) is 20.0. The van der Waals surface area contributed by atoms with Crippen molar-refractivity contribution in [2.24, 2.45) is 5.92 Å². The molecule has 3 aromatic rings. The maximum absolute atomic E-state index is 12.8. The lowest BCUT2D eigenvalue weighted by molar-refractivity contribution is -0.152. The van der Waals surface area contributed by atoms with E-state index in [4.69, 9.17) is 14.0 Å². The molecule has 0 radical (unpaired) electrons. The van der Waals surface area contributed by atoms with Gasteiger partial charge in [-0.2, -0.15) is 0 Å². The van der Waals surface area contributed by atoms with Crippen molar-refractivity contribution in [3.63, 3.8) is 0 Å². The molecule has 0 aliphatic heterocycles. The van der Waals surface area contributed by atoms with E-state index >= 15 is 0 Å². The predicted molar refractivity (Wildman–Crippen MR) is 136 cm³/mol. The fourth-order valence-electron chi connectivity index (χ4n) is 3.40. The second-order valence-corrected chi connectivity index (χ2v) is 10.3. The molecule has 0 saturated heterocycles. The summed E-state index contributed by atoms with van der Waals surface area (Å²) in [6, 6.07) is 27.8. The maximum Gasteiger partial charge on any atom is 0.328 e. The minimum Gasteiger partial charge on any atom is -0.461 e. The lowest BCUT2D eigenvalue weighted by Gasteiger charge is -2.18. The summed E-state index contributed by atoms with van der Waals surface area (Å²) >= 11 is 0. The summed E-state index contributed by atoms with van der Waals surface area (Å²) in [6.07, 6.45) is 0.298. The molecule has 0 amide bonds. The van der Waals surface area contributed by atoms with Crippen LogP contribution in [0.4, 0.5) is 0 Å². The van der Waals surface area contributed by atoms with Gasteiger partial charge in [0.15, 0.2) is 0 Å². The molecule has 8 heteroatoms. The van der Waals surface area contributed by atoms with E-state index < -0.39 is 25.5 Å². The van der Waals surface area contributed by atoms with Gasteiger partial charge < -0.3 is 18.9 Å². The minimum atomic E-state index is -3.95. The zero-order chi connectivity index (χ0) is 25.6. The molecule has 0 spiro atoms. The molecule has 0 bridgehead atoms. The van der Waals surface area contributed by atoms with Gasteiger partial charge in [0, 0.05) is 6.42 Å². The standard InChI is InChI=1S/C28H31O7P/c29-27(33-20-24-12-6-2-7-13-24)17-16-26(28(30)34-21-25-14-8-3-9-15-25)22-35-36(31,32)19-18-23-10-4-1-5-11-23/h1-15,26H,16-22H2,(H,31,32). The molecule has 1 N–H and O–H groups in total. The molecule has 3 rings (SSSR count). The van der Waals surface area contributed by atoms with Crippen molar-refractivity contribution in [2.75, 3.05) is 12.8 Å². The van der Waals surface area contributed by atoms with Crippen molar-refractivity contribution >= 4 is 19.5 Å². The highest BCUT2D eigenvalue weighted by molar-refractivity contribution is 7.52. The Morgan fingerprint density at radius 1 is 0.750 bits per heavy atom. The van der Waals surface area contributed by atoms with E-state index in [1.807, 2.05) is 91.0 Å². The Labute approximate surface area is 211 Å². The van der Waals surface area contributed by atoms with Gasteiger partial charge in [-0.3, -0.25) is 14.2 Å². The quantitative estimate of drug-likeness (QED) is 0.232. The van der Waals surface area contributed by atoms with Crippen molar-refractivity contribution in [3.8, 4) is 0 Å². The number of rotatable bonds is 14. The average molecular weight is 511 g/mol. The summed E-state index contributed by atoms with van der Waals surface area (Å²) in [5.41, 5.74) is 2.58. The van der Waals surface area contributed by atoms with E-state index in [1.165, 1.54) is 0 Å². The lowest BCUT2D eigenvalue weighted by atomic mass is 10.0. The number of hydrogen-bond donors (Lipinski definition) is 1. The molecular weight excluding hydrogens is 479 g/mol. The van der Waals surface area contributed by atoms with Gasteiger partial charge in [0.2, 0.25) is 0 Å². The van der Waals surface area contributed by atoms with Crippen molar-refractivity contribution in [1.82, 2.24) is 0 Å². The molecule has 7 nitrogen and oxygen atoms in total. The second kappa shape index (κ2) is 14.3. The molecule has 3 aromatic carbocycles. The fraction of sp³-hybridized carbons (Fsp3) is 0.286. The van der Waals surface area contributed by atoms with Gasteiger partial charge in [0.25, 0.3) is 0 Å². The van der Waals surface area contributed by atoms with Gasteiger partial charge in [-0.05, 0) is 29.5 Å². The number of hydrogen-bond acceptors (Lipinski definition) is 6. The van der Waals surface area contributed by atoms with Crippen LogP contribution in [-0.2, 0) is 47.8 Å². The van der Waals surface area contributed by atoms with Crippen LogP contribution in [0, 0.1) is 5.92 Å². The number of ether oxygens (including phenoxy) is 2. The number of carbonyl (C=O) groups excluding carboxylic acids is 2. The van der Waals surface area contributed by atoms with Crippen LogP contribution in [0.5, 0.6) is 0 Å². The first-order valence-electron chi connectivity index (χ1n) is 11.8. The molecule has 0 aromatic heterocycles. The van der Waals surface area contributed by atoms with Crippen LogP contribution in [0.1, 0.15) is 29.5 Å². The van der Waals surface area contributed by atoms with E-state index in [0.29, 0.717) is 6.42 Å². The van der Waals surface area contributed by atoms with E-state index in [1.54, 1.807) is 0 Å². The van der Waals surface area contributed by atoms with Crippen molar-refractivity contribution in [2.45, 2.75) is 32.5 Å². The van der Waals surface area contributed by atoms with Gasteiger partial charge in [-0.15, -0.1) is 0 Å².